The van der Waals surface area contributed by atoms with E-state index in [1.807, 2.05) is 12.1 Å². The van der Waals surface area contributed by atoms with E-state index in [1.165, 1.54) is 5.57 Å². The Morgan fingerprint density at radius 2 is 2.22 bits per heavy atom. The smallest absolute Gasteiger partial charge is 0.127 e. The van der Waals surface area contributed by atoms with E-state index in [9.17, 15) is 0 Å². The fraction of sp³-hybridized carbons (Fsp3) is 0.600. The molecule has 0 aliphatic heterocycles. The van der Waals surface area contributed by atoms with Crippen LogP contribution >= 0.6 is 0 Å². The molecule has 1 aromatic rings. The van der Waals surface area contributed by atoms with Gasteiger partial charge < -0.3 is 14.5 Å². The van der Waals surface area contributed by atoms with Crippen molar-refractivity contribution in [2.24, 2.45) is 5.92 Å². The van der Waals surface area contributed by atoms with Gasteiger partial charge in [-0.25, -0.2) is 0 Å². The fourth-order valence-corrected chi connectivity index (χ4v) is 1.67. The van der Waals surface area contributed by atoms with Gasteiger partial charge in [0.2, 0.25) is 0 Å². The van der Waals surface area contributed by atoms with Crippen LogP contribution in [0, 0.1) is 5.92 Å². The van der Waals surface area contributed by atoms with Crippen LogP contribution in [0.4, 0.5) is 0 Å². The number of ether oxygens (including phenoxy) is 1. The van der Waals surface area contributed by atoms with Crippen molar-refractivity contribution in [3.63, 3.8) is 0 Å². The number of hydrogen-bond acceptors (Lipinski definition) is 3. The van der Waals surface area contributed by atoms with Crippen molar-refractivity contribution < 1.29 is 9.15 Å². The minimum absolute atomic E-state index is 0.509. The summed E-state index contributed by atoms with van der Waals surface area (Å²) in [5.74, 6) is 2.50. The summed E-state index contributed by atoms with van der Waals surface area (Å²) in [7, 11) is 1.72. The average Bonchev–Trinajstić information content (AvgIpc) is 2.80. The molecule has 0 aliphatic carbocycles. The van der Waals surface area contributed by atoms with Gasteiger partial charge in [-0.1, -0.05) is 26.3 Å². The molecule has 0 amide bonds. The molecule has 0 spiro atoms. The van der Waals surface area contributed by atoms with E-state index in [-0.39, 0.29) is 0 Å². The maximum atomic E-state index is 5.71. The minimum atomic E-state index is 0.509. The Labute approximate surface area is 110 Å². The first-order chi connectivity index (χ1) is 8.67. The lowest BCUT2D eigenvalue weighted by Gasteiger charge is -2.12. The summed E-state index contributed by atoms with van der Waals surface area (Å²) in [6.45, 7) is 9.00. The average molecular weight is 251 g/mol. The predicted octanol–water partition coefficient (Wildman–Crippen LogP) is 3.12. The van der Waals surface area contributed by atoms with E-state index in [1.54, 1.807) is 7.11 Å². The number of aryl methyl sites for hydroxylation is 1. The molecule has 0 saturated carbocycles. The highest BCUT2D eigenvalue weighted by molar-refractivity contribution is 5.48. The summed E-state index contributed by atoms with van der Waals surface area (Å²) in [5, 5.41) is 3.37. The van der Waals surface area contributed by atoms with Gasteiger partial charge in [0, 0.05) is 26.6 Å². The van der Waals surface area contributed by atoms with Crippen molar-refractivity contribution in [1.82, 2.24) is 5.32 Å². The van der Waals surface area contributed by atoms with Crippen molar-refractivity contribution in [2.45, 2.75) is 27.2 Å². The highest BCUT2D eigenvalue weighted by atomic mass is 16.5. The van der Waals surface area contributed by atoms with Crippen LogP contribution < -0.4 is 5.32 Å². The van der Waals surface area contributed by atoms with Crippen molar-refractivity contribution in [2.75, 3.05) is 26.8 Å². The largest absolute Gasteiger partial charge is 0.462 e. The Balaban J connectivity index is 2.59. The number of nitrogens with one attached hydrogen (secondary N) is 1. The lowest BCUT2D eigenvalue weighted by atomic mass is 10.0. The molecule has 0 radical (unpaired) electrons. The number of hydrogen-bond donors (Lipinski definition) is 1. The molecular formula is C15H25NO2. The molecule has 1 N–H and O–H groups in total. The van der Waals surface area contributed by atoms with Crippen molar-refractivity contribution in [3.05, 3.63) is 29.2 Å². The van der Waals surface area contributed by atoms with Gasteiger partial charge >= 0.3 is 0 Å². The highest BCUT2D eigenvalue weighted by Gasteiger charge is 2.05. The lowest BCUT2D eigenvalue weighted by molar-refractivity contribution is 0.200. The Kier molecular flexibility index (Phi) is 6.76. The van der Waals surface area contributed by atoms with Gasteiger partial charge in [-0.05, 0) is 24.1 Å². The minimum Gasteiger partial charge on any atom is -0.462 e. The normalized spacial score (nSPS) is 12.4. The number of furan rings is 1. The first-order valence-electron chi connectivity index (χ1n) is 6.66. The van der Waals surface area contributed by atoms with E-state index in [0.717, 1.165) is 37.6 Å². The Bertz CT molecular complexity index is 366. The number of methoxy groups -OCH3 is 1. The van der Waals surface area contributed by atoms with Gasteiger partial charge in [-0.15, -0.1) is 0 Å². The summed E-state index contributed by atoms with van der Waals surface area (Å²) in [6, 6.07) is 4.08. The number of rotatable bonds is 8. The van der Waals surface area contributed by atoms with E-state index >= 15 is 0 Å². The molecule has 1 rings (SSSR count). The summed E-state index contributed by atoms with van der Waals surface area (Å²) < 4.78 is 10.7. The molecule has 102 valence electrons. The summed E-state index contributed by atoms with van der Waals surface area (Å²) in [4.78, 5) is 0. The summed E-state index contributed by atoms with van der Waals surface area (Å²) in [5.41, 5.74) is 1.35. The maximum absolute atomic E-state index is 5.71. The molecule has 3 heteroatoms. The van der Waals surface area contributed by atoms with Crippen LogP contribution in [0.3, 0.4) is 0 Å². The second kappa shape index (κ2) is 8.11. The first kappa shape index (κ1) is 15.0. The molecule has 3 nitrogen and oxygen atoms in total. The van der Waals surface area contributed by atoms with Gasteiger partial charge in [-0.3, -0.25) is 0 Å². The van der Waals surface area contributed by atoms with Crippen molar-refractivity contribution in [1.29, 1.82) is 0 Å². The zero-order chi connectivity index (χ0) is 13.4. The van der Waals surface area contributed by atoms with Crippen LogP contribution in [-0.4, -0.2) is 26.8 Å². The highest BCUT2D eigenvalue weighted by Crippen LogP contribution is 2.16. The molecule has 1 heterocycles. The molecule has 0 atom stereocenters. The van der Waals surface area contributed by atoms with E-state index < -0.39 is 0 Å². The van der Waals surface area contributed by atoms with Gasteiger partial charge in [0.05, 0.1) is 6.61 Å². The van der Waals surface area contributed by atoms with Crippen molar-refractivity contribution in [3.8, 4) is 0 Å². The Morgan fingerprint density at radius 1 is 1.44 bits per heavy atom. The molecule has 0 aliphatic rings. The van der Waals surface area contributed by atoms with Crippen LogP contribution in [-0.2, 0) is 11.2 Å². The molecule has 0 saturated heterocycles. The third-order valence-electron chi connectivity index (χ3n) is 2.91. The van der Waals surface area contributed by atoms with Gasteiger partial charge in [-0.2, -0.15) is 0 Å². The summed E-state index contributed by atoms with van der Waals surface area (Å²) in [6.07, 6.45) is 3.08. The van der Waals surface area contributed by atoms with E-state index in [0.29, 0.717) is 5.92 Å². The fourth-order valence-electron chi connectivity index (χ4n) is 1.67. The SMILES string of the molecule is CCc1ccc(C=C(CNCCOC)C(C)C)o1. The van der Waals surface area contributed by atoms with Crippen LogP contribution in [0.15, 0.2) is 22.1 Å². The zero-order valence-electron chi connectivity index (χ0n) is 12.0. The zero-order valence-corrected chi connectivity index (χ0v) is 12.0. The molecule has 0 aromatic carbocycles. The van der Waals surface area contributed by atoms with Crippen LogP contribution in [0.2, 0.25) is 0 Å². The monoisotopic (exact) mass is 251 g/mol. The first-order valence-corrected chi connectivity index (χ1v) is 6.66. The van der Waals surface area contributed by atoms with Crippen LogP contribution in [0.25, 0.3) is 6.08 Å². The van der Waals surface area contributed by atoms with E-state index in [4.69, 9.17) is 9.15 Å². The predicted molar refractivity (Wildman–Crippen MR) is 75.6 cm³/mol. The summed E-state index contributed by atoms with van der Waals surface area (Å²) >= 11 is 0. The molecule has 0 unspecified atom stereocenters. The van der Waals surface area contributed by atoms with Gasteiger partial charge in [0.1, 0.15) is 11.5 Å². The van der Waals surface area contributed by atoms with Crippen molar-refractivity contribution >= 4 is 6.08 Å². The topological polar surface area (TPSA) is 34.4 Å². The van der Waals surface area contributed by atoms with Crippen LogP contribution in [0.1, 0.15) is 32.3 Å². The molecule has 0 fully saturated rings. The Morgan fingerprint density at radius 3 is 2.78 bits per heavy atom. The molecule has 0 bridgehead atoms. The van der Waals surface area contributed by atoms with Crippen LogP contribution in [0.5, 0.6) is 0 Å². The second-order valence-corrected chi connectivity index (χ2v) is 4.70. The lowest BCUT2D eigenvalue weighted by Crippen LogP contribution is -2.23. The standard InChI is InChI=1S/C15H25NO2/c1-5-14-6-7-15(18-14)10-13(12(2)3)11-16-8-9-17-4/h6-7,10,12,16H,5,8-9,11H2,1-4H3. The molecular weight excluding hydrogens is 226 g/mol. The van der Waals surface area contributed by atoms with E-state index in [2.05, 4.69) is 32.2 Å². The maximum Gasteiger partial charge on any atom is 0.127 e. The third kappa shape index (κ3) is 5.07. The van der Waals surface area contributed by atoms with Gasteiger partial charge in [0.25, 0.3) is 0 Å². The van der Waals surface area contributed by atoms with Gasteiger partial charge in [0.15, 0.2) is 0 Å². The second-order valence-electron chi connectivity index (χ2n) is 4.70. The Hall–Kier alpha value is -1.06. The quantitative estimate of drug-likeness (QED) is 0.721. The molecule has 18 heavy (non-hydrogen) atoms. The third-order valence-corrected chi connectivity index (χ3v) is 2.91. The molecule has 1 aromatic heterocycles.